The number of amides is 10. The van der Waals surface area contributed by atoms with Gasteiger partial charge in [-0.1, -0.05) is 86.0 Å². The molecule has 0 aromatic heterocycles. The van der Waals surface area contributed by atoms with Crippen LogP contribution in [0.15, 0.2) is 30.3 Å². The summed E-state index contributed by atoms with van der Waals surface area (Å²) in [5.74, 6) is -8.70. The van der Waals surface area contributed by atoms with Crippen molar-refractivity contribution < 1.29 is 53.1 Å². The average Bonchev–Trinajstić information content (AvgIpc) is 3.74. The van der Waals surface area contributed by atoms with Gasteiger partial charge in [-0.05, 0) is 57.4 Å². The van der Waals surface area contributed by atoms with Crippen molar-refractivity contribution in [3.8, 4) is 0 Å². The number of nitrogens with zero attached hydrogens (tertiary/aromatic N) is 1. The molecule has 2 aliphatic heterocycles. The molecule has 2 heterocycles. The summed E-state index contributed by atoms with van der Waals surface area (Å²) in [6, 6.07) is -0.490. The van der Waals surface area contributed by atoms with Crippen LogP contribution in [-0.2, 0) is 54.4 Å². The van der Waals surface area contributed by atoms with Gasteiger partial charge in [0.25, 0.3) is 0 Å². The molecule has 372 valence electrons. The Labute approximate surface area is 399 Å². The molecule has 0 radical (unpaired) electrons. The summed E-state index contributed by atoms with van der Waals surface area (Å²) < 4.78 is -0.852. The van der Waals surface area contributed by atoms with E-state index in [1.54, 1.807) is 58.0 Å². The number of rotatable bonds is 15. The Hall–Kier alpha value is -5.42. The molecule has 2 unspecified atom stereocenters. The number of likely N-dealkylation sites (tertiary alicyclic amines) is 1. The van der Waals surface area contributed by atoms with Gasteiger partial charge in [0.2, 0.25) is 59.1 Å². The normalized spacial score (nSPS) is 24.9. The molecule has 9 atom stereocenters. The van der Waals surface area contributed by atoms with Crippen molar-refractivity contribution in [1.29, 1.82) is 0 Å². The standard InChI is InChI=1S/C44H68N10O11S2/c1-8-24(4)35-41(63)53-36(25(5)55)42(64)50-29(19-32(45)56)38(60)51-30(22-66-67-44(6,7)20-34(58)48-28(39(61)52-35)18-26-13-10-9-11-14-26)43(65)54-16-12-15-31(54)40(62)49-27(17-23(2)3)37(59)47-21-33(46)57/h9-11,13-14,23-25,27-31,35-36,55H,8,12,15-22H2,1-7H3,(H2,45,56)(H2,46,57)(H,47,59)(H,48,58)(H,49,62)(H,50,64)(H,51,60)(H,52,61)(H,53,63)/t24-,25+,27-,28-,29-,30-,31-,35?,36?/m0/s1. The van der Waals surface area contributed by atoms with E-state index in [-0.39, 0.29) is 43.9 Å². The fourth-order valence-corrected chi connectivity index (χ4v) is 10.2. The molecular weight excluding hydrogens is 909 g/mol. The Bertz CT molecular complexity index is 1960. The van der Waals surface area contributed by atoms with E-state index in [9.17, 15) is 53.1 Å². The number of hydrogen-bond donors (Lipinski definition) is 10. The zero-order chi connectivity index (χ0) is 50.2. The van der Waals surface area contributed by atoms with Crippen LogP contribution in [0, 0.1) is 11.8 Å². The Morgan fingerprint density at radius 2 is 1.48 bits per heavy atom. The number of aliphatic hydroxyl groups is 1. The molecular formula is C44H68N10O11S2. The first kappa shape index (κ1) is 55.9. The van der Waals surface area contributed by atoms with E-state index in [4.69, 9.17) is 11.5 Å². The molecule has 0 bridgehead atoms. The summed E-state index contributed by atoms with van der Waals surface area (Å²) in [5, 5.41) is 28.9. The van der Waals surface area contributed by atoms with Gasteiger partial charge in [0.15, 0.2) is 0 Å². The van der Waals surface area contributed by atoms with Crippen molar-refractivity contribution in [3.05, 3.63) is 35.9 Å². The fourth-order valence-electron chi connectivity index (χ4n) is 7.48. The molecule has 0 saturated carbocycles. The van der Waals surface area contributed by atoms with Crippen molar-refractivity contribution in [2.24, 2.45) is 23.3 Å². The molecule has 2 aliphatic rings. The maximum absolute atomic E-state index is 14.6. The predicted molar refractivity (Wildman–Crippen MR) is 252 cm³/mol. The minimum Gasteiger partial charge on any atom is -0.391 e. The first-order chi connectivity index (χ1) is 31.4. The second-order valence-electron chi connectivity index (χ2n) is 18.1. The zero-order valence-electron chi connectivity index (χ0n) is 39.2. The van der Waals surface area contributed by atoms with E-state index in [1.165, 1.54) is 22.6 Å². The average molecular weight is 977 g/mol. The summed E-state index contributed by atoms with van der Waals surface area (Å²) in [7, 11) is 2.33. The third-order valence-electron chi connectivity index (χ3n) is 11.2. The molecule has 67 heavy (non-hydrogen) atoms. The van der Waals surface area contributed by atoms with Crippen molar-refractivity contribution in [2.75, 3.05) is 18.8 Å². The van der Waals surface area contributed by atoms with Gasteiger partial charge >= 0.3 is 0 Å². The lowest BCUT2D eigenvalue weighted by molar-refractivity contribution is -0.142. The molecule has 1 aromatic rings. The number of nitrogens with two attached hydrogens (primary N) is 2. The number of benzene rings is 1. The van der Waals surface area contributed by atoms with Crippen molar-refractivity contribution >= 4 is 80.7 Å². The maximum Gasteiger partial charge on any atom is 0.246 e. The van der Waals surface area contributed by atoms with Crippen LogP contribution in [-0.4, -0.2) is 141 Å². The summed E-state index contributed by atoms with van der Waals surface area (Å²) in [4.78, 5) is 136. The van der Waals surface area contributed by atoms with Crippen LogP contribution in [0.25, 0.3) is 0 Å². The van der Waals surface area contributed by atoms with Crippen LogP contribution >= 0.6 is 21.6 Å². The Kier molecular flexibility index (Phi) is 21.9. The van der Waals surface area contributed by atoms with Crippen LogP contribution in [0.1, 0.15) is 92.6 Å². The first-order valence-electron chi connectivity index (χ1n) is 22.4. The van der Waals surface area contributed by atoms with Gasteiger partial charge in [0.1, 0.15) is 42.3 Å². The van der Waals surface area contributed by atoms with Crippen molar-refractivity contribution in [1.82, 2.24) is 42.1 Å². The lowest BCUT2D eigenvalue weighted by Gasteiger charge is -2.32. The Morgan fingerprint density at radius 3 is 2.07 bits per heavy atom. The zero-order valence-corrected chi connectivity index (χ0v) is 40.8. The molecule has 1 aromatic carbocycles. The van der Waals surface area contributed by atoms with Gasteiger partial charge in [0, 0.05) is 29.9 Å². The quantitative estimate of drug-likeness (QED) is 0.0910. The van der Waals surface area contributed by atoms with Gasteiger partial charge in [-0.25, -0.2) is 0 Å². The van der Waals surface area contributed by atoms with Crippen LogP contribution < -0.4 is 48.7 Å². The lowest BCUT2D eigenvalue weighted by Crippen LogP contribution is -2.63. The molecule has 10 amide bonds. The number of carbonyl (C=O) groups excluding carboxylic acids is 10. The SMILES string of the molecule is CC[C@H](C)C1NC(=O)[C@H](Cc2ccccc2)NC(=O)CC(C)(C)SSC[C@@H](C(=O)N2CCC[C@H]2C(=O)N[C@@H](CC(C)C)C(=O)NCC(N)=O)NC(=O)[C@H](CC(N)=O)NC(=O)C([C@@H](C)O)NC1=O. The van der Waals surface area contributed by atoms with Crippen LogP contribution in [0.2, 0.25) is 0 Å². The summed E-state index contributed by atoms with van der Waals surface area (Å²) in [5.41, 5.74) is 11.4. The van der Waals surface area contributed by atoms with Gasteiger partial charge < -0.3 is 58.7 Å². The fraction of sp³-hybridized carbons (Fsp3) is 0.636. The highest BCUT2D eigenvalue weighted by Crippen LogP contribution is 2.39. The van der Waals surface area contributed by atoms with E-state index >= 15 is 0 Å². The van der Waals surface area contributed by atoms with Gasteiger partial charge in [-0.2, -0.15) is 0 Å². The summed E-state index contributed by atoms with van der Waals surface area (Å²) in [6.45, 7) is 11.5. The molecule has 3 rings (SSSR count). The Balaban J connectivity index is 2.05. The van der Waals surface area contributed by atoms with E-state index in [1.807, 2.05) is 13.8 Å². The second kappa shape index (κ2) is 26.2. The largest absolute Gasteiger partial charge is 0.391 e. The lowest BCUT2D eigenvalue weighted by atomic mass is 9.96. The van der Waals surface area contributed by atoms with E-state index < -0.39 is 131 Å². The topological polar surface area (TPSA) is 330 Å². The third-order valence-corrected chi connectivity index (χ3v) is 14.5. The van der Waals surface area contributed by atoms with Crippen molar-refractivity contribution in [3.63, 3.8) is 0 Å². The first-order valence-corrected chi connectivity index (χ1v) is 24.7. The van der Waals surface area contributed by atoms with Crippen LogP contribution in [0.5, 0.6) is 0 Å². The summed E-state index contributed by atoms with van der Waals surface area (Å²) in [6.07, 6.45) is -1.22. The molecule has 21 nitrogen and oxygen atoms in total. The number of aliphatic hydroxyl groups excluding tert-OH is 1. The number of nitrogens with one attached hydrogen (secondary N) is 7. The number of hydrogen-bond acceptors (Lipinski definition) is 13. The van der Waals surface area contributed by atoms with Gasteiger partial charge in [0.05, 0.1) is 19.1 Å². The highest BCUT2D eigenvalue weighted by Gasteiger charge is 2.41. The predicted octanol–water partition coefficient (Wildman–Crippen LogP) is -1.36. The monoisotopic (exact) mass is 976 g/mol. The van der Waals surface area contributed by atoms with E-state index in [0.717, 1.165) is 16.4 Å². The van der Waals surface area contributed by atoms with Gasteiger partial charge in [-0.15, -0.1) is 0 Å². The molecule has 2 fully saturated rings. The van der Waals surface area contributed by atoms with Gasteiger partial charge in [-0.3, -0.25) is 47.9 Å². The van der Waals surface area contributed by atoms with Crippen molar-refractivity contribution in [2.45, 2.75) is 147 Å². The van der Waals surface area contributed by atoms with E-state index in [0.29, 0.717) is 12.8 Å². The van der Waals surface area contributed by atoms with Crippen LogP contribution in [0.3, 0.4) is 0 Å². The highest BCUT2D eigenvalue weighted by atomic mass is 33.1. The smallest absolute Gasteiger partial charge is 0.246 e. The minimum absolute atomic E-state index is 0.0648. The summed E-state index contributed by atoms with van der Waals surface area (Å²) >= 11 is 0. The second-order valence-corrected chi connectivity index (χ2v) is 21.1. The Morgan fingerprint density at radius 1 is 0.851 bits per heavy atom. The number of primary amides is 2. The molecule has 23 heteroatoms. The molecule has 12 N–H and O–H groups in total. The minimum atomic E-state index is -1.72. The molecule has 0 aliphatic carbocycles. The maximum atomic E-state index is 14.6. The van der Waals surface area contributed by atoms with Crippen LogP contribution in [0.4, 0.5) is 0 Å². The molecule has 0 spiro atoms. The molecule has 2 saturated heterocycles. The highest BCUT2D eigenvalue weighted by molar-refractivity contribution is 8.77. The van der Waals surface area contributed by atoms with E-state index in [2.05, 4.69) is 37.2 Å². The third kappa shape index (κ3) is 18.0. The number of carbonyl (C=O) groups is 10.